The van der Waals surface area contributed by atoms with Crippen molar-refractivity contribution >= 4 is 28.8 Å². The first-order chi connectivity index (χ1) is 12.6. The van der Waals surface area contributed by atoms with E-state index in [1.54, 1.807) is 36.8 Å². The van der Waals surface area contributed by atoms with E-state index >= 15 is 0 Å². The molecule has 0 aliphatic carbocycles. The maximum Gasteiger partial charge on any atom is 0.263 e. The van der Waals surface area contributed by atoms with Crippen molar-refractivity contribution in [2.75, 3.05) is 6.54 Å². The van der Waals surface area contributed by atoms with Crippen molar-refractivity contribution in [3.63, 3.8) is 0 Å². The van der Waals surface area contributed by atoms with Crippen LogP contribution in [0.2, 0.25) is 5.02 Å². The van der Waals surface area contributed by atoms with E-state index in [9.17, 15) is 4.79 Å². The zero-order valence-corrected chi connectivity index (χ0v) is 15.9. The first kappa shape index (κ1) is 18.4. The number of carbonyl (C=O) groups excluding carboxylic acids is 1. The molecule has 0 spiro atoms. The second-order valence-electron chi connectivity index (χ2n) is 5.67. The molecule has 0 saturated heterocycles. The molecule has 0 radical (unpaired) electrons. The summed E-state index contributed by atoms with van der Waals surface area (Å²) in [5.74, 6) is 0.621. The fourth-order valence-corrected chi connectivity index (χ4v) is 3.38. The third-order valence-electron chi connectivity index (χ3n) is 3.66. The molecular weight excluding hydrogens is 372 g/mol. The highest BCUT2D eigenvalue weighted by atomic mass is 35.5. The van der Waals surface area contributed by atoms with Crippen molar-refractivity contribution in [1.82, 2.24) is 19.9 Å². The molecule has 0 saturated carbocycles. The van der Waals surface area contributed by atoms with E-state index in [1.807, 2.05) is 17.7 Å². The Hall–Kier alpha value is -2.38. The summed E-state index contributed by atoms with van der Waals surface area (Å²) < 4.78 is 7.67. The van der Waals surface area contributed by atoms with Gasteiger partial charge in [0.05, 0.1) is 12.0 Å². The van der Waals surface area contributed by atoms with Crippen LogP contribution in [-0.2, 0) is 13.2 Å². The van der Waals surface area contributed by atoms with E-state index < -0.39 is 0 Å². The number of amides is 1. The number of hydrogen-bond acceptors (Lipinski definition) is 5. The number of benzene rings is 1. The summed E-state index contributed by atoms with van der Waals surface area (Å²) in [4.78, 5) is 21.4. The summed E-state index contributed by atoms with van der Waals surface area (Å²) in [6.45, 7) is 3.58. The van der Waals surface area contributed by atoms with Crippen LogP contribution in [0.1, 0.15) is 26.8 Å². The predicted molar refractivity (Wildman–Crippen MR) is 102 cm³/mol. The lowest BCUT2D eigenvalue weighted by Crippen LogP contribution is -2.25. The van der Waals surface area contributed by atoms with Crippen LogP contribution in [0.4, 0.5) is 0 Å². The standard InChI is InChI=1S/C18H19ClN4O2S/c1-13-17(18(24)21-7-2-9-23-10-8-20-12-23)26-16(22-13)11-25-15-5-3-14(19)4-6-15/h3-6,8,10,12H,2,7,9,11H2,1H3,(H,21,24). The van der Waals surface area contributed by atoms with Crippen LogP contribution in [0.5, 0.6) is 5.75 Å². The smallest absolute Gasteiger partial charge is 0.263 e. The highest BCUT2D eigenvalue weighted by molar-refractivity contribution is 7.13. The maximum atomic E-state index is 12.3. The highest BCUT2D eigenvalue weighted by Gasteiger charge is 2.15. The summed E-state index contributed by atoms with van der Waals surface area (Å²) in [5, 5.41) is 4.36. The van der Waals surface area contributed by atoms with Gasteiger partial charge in [-0.2, -0.15) is 0 Å². The summed E-state index contributed by atoms with van der Waals surface area (Å²) in [6, 6.07) is 7.15. The van der Waals surface area contributed by atoms with E-state index in [0.29, 0.717) is 28.8 Å². The molecule has 0 aliphatic rings. The Kier molecular flexibility index (Phi) is 6.25. The third-order valence-corrected chi connectivity index (χ3v) is 5.04. The number of aryl methyl sites for hydroxylation is 2. The average molecular weight is 391 g/mol. The fourth-order valence-electron chi connectivity index (χ4n) is 2.36. The second-order valence-corrected chi connectivity index (χ2v) is 7.19. The van der Waals surface area contributed by atoms with Crippen LogP contribution in [0, 0.1) is 6.92 Å². The monoisotopic (exact) mass is 390 g/mol. The Morgan fingerprint density at radius 1 is 1.35 bits per heavy atom. The van der Waals surface area contributed by atoms with E-state index in [-0.39, 0.29) is 5.91 Å². The van der Waals surface area contributed by atoms with E-state index in [0.717, 1.165) is 23.7 Å². The lowest BCUT2D eigenvalue weighted by molar-refractivity contribution is 0.0956. The largest absolute Gasteiger partial charge is 0.486 e. The summed E-state index contributed by atoms with van der Waals surface area (Å²) in [7, 11) is 0. The Morgan fingerprint density at radius 2 is 2.15 bits per heavy atom. The van der Waals surface area contributed by atoms with Crippen LogP contribution in [0.25, 0.3) is 0 Å². The molecule has 2 aromatic heterocycles. The van der Waals surface area contributed by atoms with Gasteiger partial charge in [-0.15, -0.1) is 11.3 Å². The Balaban J connectivity index is 1.48. The van der Waals surface area contributed by atoms with Crippen molar-refractivity contribution in [1.29, 1.82) is 0 Å². The molecule has 1 amide bonds. The zero-order chi connectivity index (χ0) is 18.4. The van der Waals surface area contributed by atoms with Crippen LogP contribution in [-0.4, -0.2) is 27.0 Å². The minimum absolute atomic E-state index is 0.0941. The predicted octanol–water partition coefficient (Wildman–Crippen LogP) is 3.70. The van der Waals surface area contributed by atoms with Gasteiger partial charge in [-0.1, -0.05) is 11.6 Å². The molecule has 3 aromatic rings. The van der Waals surface area contributed by atoms with Crippen LogP contribution < -0.4 is 10.1 Å². The van der Waals surface area contributed by atoms with Crippen LogP contribution in [0.3, 0.4) is 0 Å². The van der Waals surface area contributed by atoms with Gasteiger partial charge in [0.15, 0.2) is 0 Å². The molecular formula is C18H19ClN4O2S. The summed E-state index contributed by atoms with van der Waals surface area (Å²) in [6.07, 6.45) is 6.25. The number of halogens is 1. The molecule has 8 heteroatoms. The highest BCUT2D eigenvalue weighted by Crippen LogP contribution is 2.21. The molecule has 136 valence electrons. The number of ether oxygens (including phenoxy) is 1. The molecule has 2 heterocycles. The van der Waals surface area contributed by atoms with Gasteiger partial charge in [0.2, 0.25) is 0 Å². The van der Waals surface area contributed by atoms with Crippen LogP contribution in [0.15, 0.2) is 43.0 Å². The van der Waals surface area contributed by atoms with Gasteiger partial charge in [-0.3, -0.25) is 4.79 Å². The fraction of sp³-hybridized carbons (Fsp3) is 0.278. The summed E-state index contributed by atoms with van der Waals surface area (Å²) in [5.41, 5.74) is 0.719. The van der Waals surface area contributed by atoms with Crippen molar-refractivity contribution in [3.05, 3.63) is 63.6 Å². The SMILES string of the molecule is Cc1nc(COc2ccc(Cl)cc2)sc1C(=O)NCCCn1ccnc1. The molecule has 0 bridgehead atoms. The van der Waals surface area contributed by atoms with Crippen molar-refractivity contribution < 1.29 is 9.53 Å². The van der Waals surface area contributed by atoms with Gasteiger partial charge in [-0.05, 0) is 37.6 Å². The number of thiazole rings is 1. The van der Waals surface area contributed by atoms with Crippen molar-refractivity contribution in [2.24, 2.45) is 0 Å². The molecule has 6 nitrogen and oxygen atoms in total. The lowest BCUT2D eigenvalue weighted by atomic mass is 10.3. The Labute approximate surface area is 160 Å². The van der Waals surface area contributed by atoms with Gasteiger partial charge < -0.3 is 14.6 Å². The molecule has 26 heavy (non-hydrogen) atoms. The average Bonchev–Trinajstić information content (AvgIpc) is 3.27. The molecule has 3 rings (SSSR count). The maximum absolute atomic E-state index is 12.3. The van der Waals surface area contributed by atoms with Crippen LogP contribution >= 0.6 is 22.9 Å². The molecule has 0 atom stereocenters. The number of hydrogen-bond donors (Lipinski definition) is 1. The first-order valence-corrected chi connectivity index (χ1v) is 9.40. The molecule has 0 aliphatic heterocycles. The molecule has 0 fully saturated rings. The van der Waals surface area contributed by atoms with Gasteiger partial charge in [-0.25, -0.2) is 9.97 Å². The molecule has 0 unspecified atom stereocenters. The number of nitrogens with one attached hydrogen (secondary N) is 1. The number of rotatable bonds is 8. The van der Waals surface area contributed by atoms with E-state index in [2.05, 4.69) is 15.3 Å². The second kappa shape index (κ2) is 8.82. The molecule has 1 N–H and O–H groups in total. The Bertz CT molecular complexity index is 847. The molecule has 1 aromatic carbocycles. The lowest BCUT2D eigenvalue weighted by Gasteiger charge is -2.05. The quantitative estimate of drug-likeness (QED) is 0.595. The van der Waals surface area contributed by atoms with Gasteiger partial charge in [0, 0.05) is 30.5 Å². The minimum Gasteiger partial charge on any atom is -0.486 e. The van der Waals surface area contributed by atoms with E-state index in [1.165, 1.54) is 11.3 Å². The number of imidazole rings is 1. The Morgan fingerprint density at radius 3 is 2.88 bits per heavy atom. The van der Waals surface area contributed by atoms with Crippen molar-refractivity contribution in [2.45, 2.75) is 26.5 Å². The zero-order valence-electron chi connectivity index (χ0n) is 14.3. The summed E-state index contributed by atoms with van der Waals surface area (Å²) >= 11 is 7.21. The van der Waals surface area contributed by atoms with E-state index in [4.69, 9.17) is 16.3 Å². The minimum atomic E-state index is -0.0941. The first-order valence-electron chi connectivity index (χ1n) is 8.20. The number of aromatic nitrogens is 3. The van der Waals surface area contributed by atoms with Gasteiger partial charge in [0.1, 0.15) is 22.2 Å². The number of carbonyl (C=O) groups is 1. The van der Waals surface area contributed by atoms with Gasteiger partial charge in [0.25, 0.3) is 5.91 Å². The topological polar surface area (TPSA) is 69.0 Å². The number of nitrogens with zero attached hydrogens (tertiary/aromatic N) is 3. The van der Waals surface area contributed by atoms with Gasteiger partial charge >= 0.3 is 0 Å². The third kappa shape index (κ3) is 5.06. The van der Waals surface area contributed by atoms with Crippen molar-refractivity contribution in [3.8, 4) is 5.75 Å². The normalized spacial score (nSPS) is 10.7.